The third kappa shape index (κ3) is 3.73. The van der Waals surface area contributed by atoms with Crippen LogP contribution in [-0.4, -0.2) is 30.7 Å². The van der Waals surface area contributed by atoms with Crippen LogP contribution in [0, 0.1) is 0 Å². The fraction of sp³-hybridized carbons (Fsp3) is 0.300. The van der Waals surface area contributed by atoms with Crippen molar-refractivity contribution in [1.82, 2.24) is 5.32 Å². The third-order valence-electron chi connectivity index (χ3n) is 2.09. The number of carbonyl (C=O) groups is 1. The van der Waals surface area contributed by atoms with Gasteiger partial charge in [-0.15, -0.1) is 0 Å². The first kappa shape index (κ1) is 13.7. The predicted octanol–water partition coefficient (Wildman–Crippen LogP) is 0.0190. The molecule has 1 aliphatic carbocycles. The largest absolute Gasteiger partial charge is 0.870 e. The Balaban J connectivity index is 0.000000980. The van der Waals surface area contributed by atoms with Crippen molar-refractivity contribution >= 4 is 19.2 Å². The van der Waals surface area contributed by atoms with Crippen LogP contribution in [0.2, 0.25) is 0 Å². The molecule has 78 valence electrons. The van der Waals surface area contributed by atoms with Crippen molar-refractivity contribution in [1.29, 1.82) is 0 Å². The molecule has 0 aromatic heterocycles. The summed E-state index contributed by atoms with van der Waals surface area (Å²) in [5.74, 6) is 0.00231. The summed E-state index contributed by atoms with van der Waals surface area (Å²) in [6.07, 6.45) is 2.22. The molecule has 1 aliphatic rings. The number of benzene rings is 1. The van der Waals surface area contributed by atoms with E-state index in [0.29, 0.717) is 17.1 Å². The van der Waals surface area contributed by atoms with E-state index in [1.165, 1.54) is 0 Å². The van der Waals surface area contributed by atoms with Gasteiger partial charge in [0, 0.05) is 0 Å². The summed E-state index contributed by atoms with van der Waals surface area (Å²) in [4.78, 5) is 11.5. The molecule has 0 saturated heterocycles. The molecule has 1 aromatic carbocycles. The van der Waals surface area contributed by atoms with Gasteiger partial charge in [0.15, 0.2) is 0 Å². The number of hydrogen-bond donors (Lipinski definition) is 1. The first-order chi connectivity index (χ1) is 6.25. The second kappa shape index (κ2) is 5.53. The number of hydrogen-bond acceptors (Lipinski definition) is 3. The van der Waals surface area contributed by atoms with E-state index in [0.717, 1.165) is 12.8 Å². The molecule has 0 spiro atoms. The average Bonchev–Trinajstić information content (AvgIpc) is 2.89. The smallest absolute Gasteiger partial charge is 0.870 e. The van der Waals surface area contributed by atoms with Crippen molar-refractivity contribution in [3.8, 4) is 0 Å². The SMILES string of the molecule is [B+2]c1ccc(C(=O)NC2CC2)cc1.[OH-].[OH-]. The summed E-state index contributed by atoms with van der Waals surface area (Å²) < 4.78 is 0. The molecule has 0 aliphatic heterocycles. The van der Waals surface area contributed by atoms with E-state index >= 15 is 0 Å². The van der Waals surface area contributed by atoms with Crippen molar-refractivity contribution in [2.75, 3.05) is 0 Å². The van der Waals surface area contributed by atoms with Crippen LogP contribution < -0.4 is 10.8 Å². The van der Waals surface area contributed by atoms with E-state index in [4.69, 9.17) is 7.85 Å². The van der Waals surface area contributed by atoms with Crippen molar-refractivity contribution in [3.63, 3.8) is 0 Å². The van der Waals surface area contributed by atoms with Crippen molar-refractivity contribution in [2.45, 2.75) is 18.9 Å². The third-order valence-corrected chi connectivity index (χ3v) is 2.09. The van der Waals surface area contributed by atoms with Gasteiger partial charge in [-0.25, -0.2) is 0 Å². The first-order valence-electron chi connectivity index (χ1n) is 4.42. The average molecular weight is 205 g/mol. The van der Waals surface area contributed by atoms with Gasteiger partial charge in [-0.2, -0.15) is 0 Å². The van der Waals surface area contributed by atoms with E-state index in [2.05, 4.69) is 5.32 Å². The Bertz CT molecular complexity index is 322. The van der Waals surface area contributed by atoms with Crippen LogP contribution in [0.3, 0.4) is 0 Å². The molecule has 1 aromatic rings. The molecular formula is C10H12BNO3. The van der Waals surface area contributed by atoms with Gasteiger partial charge in [-0.1, -0.05) is 0 Å². The molecule has 0 atom stereocenters. The normalized spacial score (nSPS) is 13.5. The topological polar surface area (TPSA) is 89.1 Å². The molecule has 1 saturated carbocycles. The number of carbonyl (C=O) groups excluding carboxylic acids is 1. The standard InChI is InChI=1S/C10H10BNO.2H2O/c11-8-3-1-7(2-4-8)10(13)12-9-5-6-9;;/h1-4,9H,5-6H2,(H,12,13);2*1H2/q+2;;/p-2. The van der Waals surface area contributed by atoms with E-state index in [9.17, 15) is 4.79 Å². The monoisotopic (exact) mass is 205 g/mol. The summed E-state index contributed by atoms with van der Waals surface area (Å²) in [5, 5.41) is 2.91. The molecule has 0 bridgehead atoms. The molecule has 3 N–H and O–H groups in total. The van der Waals surface area contributed by atoms with Gasteiger partial charge >= 0.3 is 78.0 Å². The summed E-state index contributed by atoms with van der Waals surface area (Å²) in [6, 6.07) is 7.37. The Morgan fingerprint density at radius 1 is 1.20 bits per heavy atom. The van der Waals surface area contributed by atoms with Gasteiger partial charge in [0.2, 0.25) is 0 Å². The van der Waals surface area contributed by atoms with Crippen LogP contribution in [-0.2, 0) is 0 Å². The van der Waals surface area contributed by atoms with E-state index in [1.54, 1.807) is 24.3 Å². The van der Waals surface area contributed by atoms with Crippen molar-refractivity contribution in [3.05, 3.63) is 29.8 Å². The van der Waals surface area contributed by atoms with Gasteiger partial charge in [0.1, 0.15) is 0 Å². The van der Waals surface area contributed by atoms with Gasteiger partial charge in [0.05, 0.1) is 0 Å². The van der Waals surface area contributed by atoms with Crippen LogP contribution in [0.15, 0.2) is 24.3 Å². The van der Waals surface area contributed by atoms with Crippen molar-refractivity contribution < 1.29 is 15.7 Å². The van der Waals surface area contributed by atoms with Gasteiger partial charge in [0.25, 0.3) is 0 Å². The van der Waals surface area contributed by atoms with Crippen LogP contribution in [0.1, 0.15) is 23.2 Å². The summed E-state index contributed by atoms with van der Waals surface area (Å²) in [6.45, 7) is 0. The Labute approximate surface area is 89.7 Å². The van der Waals surface area contributed by atoms with E-state index < -0.39 is 0 Å². The number of amides is 1. The fourth-order valence-corrected chi connectivity index (χ4v) is 1.13. The van der Waals surface area contributed by atoms with E-state index in [-0.39, 0.29) is 16.9 Å². The Morgan fingerprint density at radius 3 is 2.20 bits per heavy atom. The molecule has 15 heavy (non-hydrogen) atoms. The van der Waals surface area contributed by atoms with Gasteiger partial charge in [-0.3, -0.25) is 0 Å². The van der Waals surface area contributed by atoms with Crippen LogP contribution >= 0.6 is 0 Å². The molecule has 1 amide bonds. The quantitative estimate of drug-likeness (QED) is 0.690. The second-order valence-electron chi connectivity index (χ2n) is 3.37. The summed E-state index contributed by atoms with van der Waals surface area (Å²) >= 11 is 0. The summed E-state index contributed by atoms with van der Waals surface area (Å²) in [5.41, 5.74) is 1.36. The second-order valence-corrected chi connectivity index (χ2v) is 3.37. The Hall–Kier alpha value is -1.33. The molecule has 0 radical (unpaired) electrons. The molecule has 0 heterocycles. The minimum Gasteiger partial charge on any atom is -0.870 e. The Morgan fingerprint density at radius 2 is 1.73 bits per heavy atom. The minimum atomic E-state index is 0. The molecular weight excluding hydrogens is 193 g/mol. The maximum Gasteiger partial charge on any atom is -0.870 e. The maximum absolute atomic E-state index is 11.5. The first-order valence-corrected chi connectivity index (χ1v) is 4.42. The molecule has 2 rings (SSSR count). The van der Waals surface area contributed by atoms with Crippen molar-refractivity contribution in [2.24, 2.45) is 0 Å². The van der Waals surface area contributed by atoms with Crippen LogP contribution in [0.25, 0.3) is 0 Å². The fourth-order valence-electron chi connectivity index (χ4n) is 1.13. The zero-order chi connectivity index (χ0) is 9.26. The van der Waals surface area contributed by atoms with Crippen LogP contribution in [0.4, 0.5) is 0 Å². The molecule has 1 fully saturated rings. The maximum atomic E-state index is 11.5. The summed E-state index contributed by atoms with van der Waals surface area (Å²) in [7, 11) is 5.51. The predicted molar refractivity (Wildman–Crippen MR) is 56.2 cm³/mol. The van der Waals surface area contributed by atoms with Gasteiger partial charge < -0.3 is 11.0 Å². The van der Waals surface area contributed by atoms with Gasteiger partial charge in [-0.05, 0) is 0 Å². The number of rotatable bonds is 2. The Kier molecular flexibility index (Phi) is 5.04. The zero-order valence-corrected chi connectivity index (χ0v) is 8.18. The van der Waals surface area contributed by atoms with E-state index in [1.807, 2.05) is 0 Å². The van der Waals surface area contributed by atoms with Crippen LogP contribution in [0.5, 0.6) is 0 Å². The molecule has 0 unspecified atom stereocenters. The minimum absolute atomic E-state index is 0. The molecule has 5 heteroatoms. The molecule has 4 nitrogen and oxygen atoms in total. The zero-order valence-electron chi connectivity index (χ0n) is 8.18. The number of nitrogens with one attached hydrogen (secondary N) is 1.